The molecule has 0 saturated carbocycles. The molecule has 3 heterocycles. The fourth-order valence-corrected chi connectivity index (χ4v) is 5.85. The van der Waals surface area contributed by atoms with Crippen LogP contribution in [0, 0.1) is 0 Å². The van der Waals surface area contributed by atoms with Crippen LogP contribution in [0.1, 0.15) is 53.3 Å². The van der Waals surface area contributed by atoms with E-state index in [1.165, 1.54) is 4.68 Å². The molecule has 1 aliphatic heterocycles. The summed E-state index contributed by atoms with van der Waals surface area (Å²) in [6, 6.07) is 16.1. The third kappa shape index (κ3) is 9.50. The summed E-state index contributed by atoms with van der Waals surface area (Å²) in [7, 11) is 0. The summed E-state index contributed by atoms with van der Waals surface area (Å²) in [4.78, 5) is 83.4. The van der Waals surface area contributed by atoms with Gasteiger partial charge in [-0.2, -0.15) is 5.10 Å². The Kier molecular flexibility index (Phi) is 12.5. The Morgan fingerprint density at radius 2 is 1.26 bits per heavy atom. The molecule has 286 valence electrons. The van der Waals surface area contributed by atoms with Crippen LogP contribution < -0.4 is 0 Å². The molecule has 0 N–H and O–H groups in total. The summed E-state index contributed by atoms with van der Waals surface area (Å²) in [5.74, 6) is -4.80. The second-order valence-corrected chi connectivity index (χ2v) is 12.1. The van der Waals surface area contributed by atoms with Gasteiger partial charge in [-0.15, -0.1) is 0 Å². The number of hydrogen-bond donors (Lipinski definition) is 0. The lowest BCUT2D eigenvalue weighted by Gasteiger charge is -2.44. The third-order valence-electron chi connectivity index (χ3n) is 7.79. The molecule has 1 fully saturated rings. The second-order valence-electron chi connectivity index (χ2n) is 12.1. The highest BCUT2D eigenvalue weighted by Gasteiger charge is 2.53. The van der Waals surface area contributed by atoms with Crippen molar-refractivity contribution < 1.29 is 66.7 Å². The molecule has 18 nitrogen and oxygen atoms in total. The van der Waals surface area contributed by atoms with Crippen molar-refractivity contribution in [2.75, 3.05) is 13.2 Å². The van der Waals surface area contributed by atoms with Crippen LogP contribution in [0.25, 0.3) is 27.9 Å². The zero-order valence-electron chi connectivity index (χ0n) is 30.2. The van der Waals surface area contributed by atoms with E-state index in [2.05, 4.69) is 0 Å². The zero-order chi connectivity index (χ0) is 39.1. The molecule has 1 aliphatic rings. The molecule has 0 amide bonds. The first-order valence-corrected chi connectivity index (χ1v) is 16.7. The highest BCUT2D eigenvalue weighted by atomic mass is 16.7. The normalized spacial score (nSPS) is 20.7. The fourth-order valence-electron chi connectivity index (χ4n) is 5.85. The Morgan fingerprint density at radius 1 is 0.685 bits per heavy atom. The van der Waals surface area contributed by atoms with Gasteiger partial charge in [-0.3, -0.25) is 28.8 Å². The number of nitrogens with zero attached hydrogens (tertiary/aromatic N) is 4. The first-order chi connectivity index (χ1) is 25.7. The van der Waals surface area contributed by atoms with Crippen LogP contribution in [-0.2, 0) is 66.7 Å². The number of aromatic nitrogens is 4. The van der Waals surface area contributed by atoms with E-state index >= 15 is 0 Å². The highest BCUT2D eigenvalue weighted by molar-refractivity contribution is 5.87. The lowest BCUT2D eigenvalue weighted by Crippen LogP contribution is -2.63. The molecule has 0 spiro atoms. The van der Waals surface area contributed by atoms with Crippen LogP contribution in [0.4, 0.5) is 0 Å². The molecule has 2 aromatic heterocycles. The van der Waals surface area contributed by atoms with Crippen LogP contribution in [-0.4, -0.2) is 106 Å². The van der Waals surface area contributed by atoms with Gasteiger partial charge in [0.1, 0.15) is 23.9 Å². The van der Waals surface area contributed by atoms with Gasteiger partial charge in [-0.05, 0) is 24.3 Å². The van der Waals surface area contributed by atoms with Gasteiger partial charge in [0.05, 0.1) is 23.3 Å². The van der Waals surface area contributed by atoms with Gasteiger partial charge in [0.25, 0.3) is 0 Å². The van der Waals surface area contributed by atoms with Crippen LogP contribution in [0.2, 0.25) is 0 Å². The van der Waals surface area contributed by atoms with Gasteiger partial charge >= 0.3 is 35.8 Å². The molecule has 5 rings (SSSR count). The van der Waals surface area contributed by atoms with E-state index < -0.39 is 91.9 Å². The molecule has 18 heteroatoms. The van der Waals surface area contributed by atoms with Crippen molar-refractivity contribution in [3.05, 3.63) is 60.3 Å². The summed E-state index contributed by atoms with van der Waals surface area (Å²) in [6.07, 6.45) is -10.4. The number of para-hydroxylation sites is 3. The SMILES string of the molecule is CC(=O)OCC1OC(OCC(OC(C)=O)C(OC(C)=O)c2nn(-c3ccccc3)c3nc4ccccc4nc23)C(OC(C)=O)C(OC(C)=O)C1OC(C)=O. The van der Waals surface area contributed by atoms with E-state index in [-0.39, 0.29) is 11.2 Å². The molecule has 1 saturated heterocycles. The number of fused-ring (bicyclic) bond motifs is 2. The largest absolute Gasteiger partial charge is 0.463 e. The van der Waals surface area contributed by atoms with E-state index in [0.29, 0.717) is 22.4 Å². The van der Waals surface area contributed by atoms with Crippen molar-refractivity contribution in [3.63, 3.8) is 0 Å². The highest BCUT2D eigenvalue weighted by Crippen LogP contribution is 2.34. The minimum Gasteiger partial charge on any atom is -0.463 e. The van der Waals surface area contributed by atoms with Gasteiger partial charge in [-0.1, -0.05) is 30.3 Å². The Labute approximate surface area is 307 Å². The van der Waals surface area contributed by atoms with Crippen LogP contribution in [0.3, 0.4) is 0 Å². The predicted octanol–water partition coefficient (Wildman–Crippen LogP) is 2.60. The van der Waals surface area contributed by atoms with E-state index in [9.17, 15) is 28.8 Å². The Bertz CT molecular complexity index is 2040. The molecule has 7 atom stereocenters. The number of carbonyl (C=O) groups is 6. The predicted molar refractivity (Wildman–Crippen MR) is 182 cm³/mol. The van der Waals surface area contributed by atoms with Crippen molar-refractivity contribution in [1.82, 2.24) is 19.7 Å². The van der Waals surface area contributed by atoms with E-state index in [4.69, 9.17) is 53.0 Å². The molecule has 0 aliphatic carbocycles. The standard InChI is InChI=1S/C36H38N4O14/c1-18(41)47-16-28-32(51-21(4)44)33(52-22(5)45)34(53-23(6)46)36(54-28)48-17-27(49-19(2)42)31(50-20(3)43)29-30-35(38-26-15-11-10-14-25(26)37-30)40(39-29)24-12-8-7-9-13-24/h7-15,27-28,31-34,36H,16-17H2,1-6H3. The van der Waals surface area contributed by atoms with Gasteiger partial charge in [0, 0.05) is 41.5 Å². The zero-order valence-corrected chi connectivity index (χ0v) is 30.2. The molecular formula is C36H38N4O14. The van der Waals surface area contributed by atoms with E-state index in [1.807, 2.05) is 6.07 Å². The number of rotatable bonds is 13. The van der Waals surface area contributed by atoms with Crippen molar-refractivity contribution >= 4 is 58.0 Å². The maximum absolute atomic E-state index is 12.7. The summed E-state index contributed by atoms with van der Waals surface area (Å²) >= 11 is 0. The van der Waals surface area contributed by atoms with Crippen molar-refractivity contribution in [3.8, 4) is 5.69 Å². The summed E-state index contributed by atoms with van der Waals surface area (Å²) in [5, 5.41) is 4.76. The monoisotopic (exact) mass is 750 g/mol. The van der Waals surface area contributed by atoms with Crippen LogP contribution >= 0.6 is 0 Å². The summed E-state index contributed by atoms with van der Waals surface area (Å²) < 4.78 is 46.6. The first kappa shape index (κ1) is 39.2. The Hall–Kier alpha value is -6.01. The van der Waals surface area contributed by atoms with Gasteiger partial charge in [0.2, 0.25) is 0 Å². The van der Waals surface area contributed by atoms with Gasteiger partial charge < -0.3 is 37.9 Å². The number of hydrogen-bond acceptors (Lipinski definition) is 17. The van der Waals surface area contributed by atoms with Crippen LogP contribution in [0.5, 0.6) is 0 Å². The van der Waals surface area contributed by atoms with Crippen molar-refractivity contribution in [2.24, 2.45) is 0 Å². The number of esters is 6. The molecule has 0 bridgehead atoms. The molecule has 7 unspecified atom stereocenters. The molecular weight excluding hydrogens is 712 g/mol. The molecule has 54 heavy (non-hydrogen) atoms. The summed E-state index contributed by atoms with van der Waals surface area (Å²) in [5.41, 5.74) is 2.22. The maximum atomic E-state index is 12.7. The van der Waals surface area contributed by atoms with Crippen LogP contribution in [0.15, 0.2) is 54.6 Å². The quantitative estimate of drug-likeness (QED) is 0.142. The number of benzene rings is 2. The number of ether oxygens (including phenoxy) is 8. The van der Waals surface area contributed by atoms with E-state index in [1.54, 1.807) is 48.5 Å². The smallest absolute Gasteiger partial charge is 0.303 e. The lowest BCUT2D eigenvalue weighted by atomic mass is 9.98. The minimum absolute atomic E-state index is 0.0544. The molecule has 0 radical (unpaired) electrons. The fraction of sp³-hybridized carbons (Fsp3) is 0.417. The average Bonchev–Trinajstić information content (AvgIpc) is 3.46. The second kappa shape index (κ2) is 17.2. The van der Waals surface area contributed by atoms with Crippen molar-refractivity contribution in [1.29, 1.82) is 0 Å². The van der Waals surface area contributed by atoms with Gasteiger partial charge in [-0.25, -0.2) is 14.6 Å². The topological polar surface area (TPSA) is 220 Å². The Morgan fingerprint density at radius 3 is 1.85 bits per heavy atom. The average molecular weight is 751 g/mol. The summed E-state index contributed by atoms with van der Waals surface area (Å²) in [6.45, 7) is 5.53. The molecule has 4 aromatic rings. The molecule has 2 aromatic carbocycles. The van der Waals surface area contributed by atoms with Gasteiger partial charge in [0.15, 0.2) is 42.5 Å². The maximum Gasteiger partial charge on any atom is 0.303 e. The third-order valence-corrected chi connectivity index (χ3v) is 7.79. The Balaban J connectivity index is 1.59. The van der Waals surface area contributed by atoms with E-state index in [0.717, 1.165) is 41.5 Å². The lowest BCUT2D eigenvalue weighted by molar-refractivity contribution is -0.312. The first-order valence-electron chi connectivity index (χ1n) is 16.7. The number of carbonyl (C=O) groups excluding carboxylic acids is 6. The van der Waals surface area contributed by atoms with Crippen molar-refractivity contribution in [2.45, 2.75) is 84.5 Å². The minimum atomic E-state index is -1.64.